The van der Waals surface area contributed by atoms with Crippen LogP contribution in [0.2, 0.25) is 0 Å². The normalized spacial score (nSPS) is 13.8. The molecule has 7 nitrogen and oxygen atoms in total. The molecule has 0 aliphatic carbocycles. The fourth-order valence-electron chi connectivity index (χ4n) is 2.72. The van der Waals surface area contributed by atoms with E-state index in [-0.39, 0.29) is 11.4 Å². The molecule has 4 rings (SSSR count). The van der Waals surface area contributed by atoms with Gasteiger partial charge in [-0.05, 0) is 24.3 Å². The van der Waals surface area contributed by atoms with E-state index in [1.165, 1.54) is 12.5 Å². The van der Waals surface area contributed by atoms with Gasteiger partial charge < -0.3 is 14.8 Å². The molecule has 0 atom stereocenters. The molecular weight excluding hydrogens is 372 g/mol. The average Bonchev–Trinajstić information content (AvgIpc) is 3.29. The van der Waals surface area contributed by atoms with Crippen molar-refractivity contribution in [2.45, 2.75) is 0 Å². The molecule has 0 saturated heterocycles. The number of anilines is 2. The van der Waals surface area contributed by atoms with Gasteiger partial charge in [0.2, 0.25) is 5.89 Å². The Labute approximate surface area is 156 Å². The monoisotopic (exact) mass is 383 g/mol. The number of nitrogens with one attached hydrogen (secondary N) is 1. The molecule has 2 heterocycles. The van der Waals surface area contributed by atoms with E-state index in [0.717, 1.165) is 23.1 Å². The topological polar surface area (TPSA) is 95.7 Å². The van der Waals surface area contributed by atoms with Crippen LogP contribution in [0.15, 0.2) is 65.0 Å². The van der Waals surface area contributed by atoms with Gasteiger partial charge in [-0.3, -0.25) is 9.59 Å². The number of phenolic OH excluding ortho intramolecular Hbond substituents is 1. The fraction of sp³-hybridized carbons (Fsp3) is 0. The maximum absolute atomic E-state index is 13.5. The lowest BCUT2D eigenvalue weighted by Crippen LogP contribution is -2.31. The second kappa shape index (κ2) is 6.62. The lowest BCUT2D eigenvalue weighted by atomic mass is 10.2. The summed E-state index contributed by atoms with van der Waals surface area (Å²) in [5.41, 5.74) is 0.683. The van der Waals surface area contributed by atoms with Gasteiger partial charge in [0.1, 0.15) is 12.0 Å². The third-order valence-corrected chi connectivity index (χ3v) is 4.02. The SMILES string of the molecule is O=C1C=C(Nc2cc(F)c(O)c(F)c2)C(=O)N1c1ccc(-c2ncco2)cc1. The van der Waals surface area contributed by atoms with E-state index in [9.17, 15) is 18.4 Å². The molecular formula is C19H11F2N3O4. The maximum Gasteiger partial charge on any atom is 0.281 e. The zero-order valence-corrected chi connectivity index (χ0v) is 14.0. The fourth-order valence-corrected chi connectivity index (χ4v) is 2.72. The number of oxazole rings is 1. The molecule has 0 saturated carbocycles. The van der Waals surface area contributed by atoms with E-state index in [0.29, 0.717) is 17.1 Å². The summed E-state index contributed by atoms with van der Waals surface area (Å²) in [7, 11) is 0. The van der Waals surface area contributed by atoms with Crippen LogP contribution in [0.5, 0.6) is 5.75 Å². The Morgan fingerprint density at radius 2 is 1.75 bits per heavy atom. The summed E-state index contributed by atoms with van der Waals surface area (Å²) in [6.45, 7) is 0. The molecule has 0 spiro atoms. The number of halogens is 2. The van der Waals surface area contributed by atoms with E-state index in [2.05, 4.69) is 10.3 Å². The predicted octanol–water partition coefficient (Wildman–Crippen LogP) is 3.19. The highest BCUT2D eigenvalue weighted by molar-refractivity contribution is 6.31. The Hall–Kier alpha value is -4.01. The second-order valence-corrected chi connectivity index (χ2v) is 5.83. The summed E-state index contributed by atoms with van der Waals surface area (Å²) in [4.78, 5) is 29.8. The van der Waals surface area contributed by atoms with Crippen molar-refractivity contribution >= 4 is 23.2 Å². The van der Waals surface area contributed by atoms with Gasteiger partial charge in [-0.1, -0.05) is 0 Å². The van der Waals surface area contributed by atoms with Crippen LogP contribution in [0.3, 0.4) is 0 Å². The summed E-state index contributed by atoms with van der Waals surface area (Å²) in [6.07, 6.45) is 3.94. The van der Waals surface area contributed by atoms with Gasteiger partial charge in [-0.15, -0.1) is 0 Å². The van der Waals surface area contributed by atoms with E-state index >= 15 is 0 Å². The van der Waals surface area contributed by atoms with E-state index < -0.39 is 29.2 Å². The van der Waals surface area contributed by atoms with Crippen LogP contribution in [0.25, 0.3) is 11.5 Å². The molecule has 3 aromatic rings. The first-order valence-electron chi connectivity index (χ1n) is 7.99. The number of imide groups is 1. The Morgan fingerprint density at radius 3 is 2.36 bits per heavy atom. The highest BCUT2D eigenvalue weighted by atomic mass is 19.1. The number of hydrogen-bond acceptors (Lipinski definition) is 6. The van der Waals surface area contributed by atoms with Crippen molar-refractivity contribution in [1.29, 1.82) is 0 Å². The number of hydrogen-bond donors (Lipinski definition) is 2. The molecule has 2 aromatic carbocycles. The summed E-state index contributed by atoms with van der Waals surface area (Å²) < 4.78 is 32.1. The Bertz CT molecular complexity index is 1090. The number of aromatic nitrogens is 1. The predicted molar refractivity (Wildman–Crippen MR) is 94.2 cm³/mol. The minimum absolute atomic E-state index is 0.124. The van der Waals surface area contributed by atoms with Crippen molar-refractivity contribution in [2.75, 3.05) is 10.2 Å². The third-order valence-electron chi connectivity index (χ3n) is 4.02. The average molecular weight is 383 g/mol. The smallest absolute Gasteiger partial charge is 0.281 e. The Balaban J connectivity index is 1.56. The highest BCUT2D eigenvalue weighted by Crippen LogP contribution is 2.28. The minimum Gasteiger partial charge on any atom is -0.503 e. The number of aromatic hydroxyl groups is 1. The van der Waals surface area contributed by atoms with Crippen molar-refractivity contribution in [2.24, 2.45) is 0 Å². The molecule has 28 heavy (non-hydrogen) atoms. The summed E-state index contributed by atoms with van der Waals surface area (Å²) in [5.74, 6) is -4.43. The van der Waals surface area contributed by atoms with Gasteiger partial charge >= 0.3 is 0 Å². The molecule has 1 aromatic heterocycles. The Kier molecular flexibility index (Phi) is 4.11. The van der Waals surface area contributed by atoms with Gasteiger partial charge in [-0.25, -0.2) is 18.7 Å². The lowest BCUT2D eigenvalue weighted by Gasteiger charge is -2.15. The number of phenols is 1. The number of carbonyl (C=O) groups excluding carboxylic acids is 2. The quantitative estimate of drug-likeness (QED) is 0.531. The molecule has 140 valence electrons. The molecule has 2 amide bonds. The molecule has 2 N–H and O–H groups in total. The van der Waals surface area contributed by atoms with E-state index in [1.54, 1.807) is 24.3 Å². The van der Waals surface area contributed by atoms with Crippen LogP contribution in [0.1, 0.15) is 0 Å². The molecule has 0 bridgehead atoms. The van der Waals surface area contributed by atoms with Gasteiger partial charge in [0, 0.05) is 29.5 Å². The van der Waals surface area contributed by atoms with Crippen LogP contribution in [0.4, 0.5) is 20.2 Å². The number of nitrogens with zero attached hydrogens (tertiary/aromatic N) is 2. The molecule has 1 aliphatic heterocycles. The minimum atomic E-state index is -1.20. The first kappa shape index (κ1) is 17.4. The highest BCUT2D eigenvalue weighted by Gasteiger charge is 2.32. The van der Waals surface area contributed by atoms with Crippen molar-refractivity contribution in [3.8, 4) is 17.2 Å². The number of amides is 2. The van der Waals surface area contributed by atoms with Crippen molar-refractivity contribution in [3.05, 3.63) is 72.3 Å². The number of carbonyl (C=O) groups is 2. The summed E-state index contributed by atoms with van der Waals surface area (Å²) >= 11 is 0. The number of rotatable bonds is 4. The van der Waals surface area contributed by atoms with E-state index in [1.807, 2.05) is 0 Å². The first-order chi connectivity index (χ1) is 13.4. The standard InChI is InChI=1S/C19H11F2N3O4/c20-13-7-11(8-14(21)17(13)26)23-15-9-16(25)24(19(15)27)12-3-1-10(2-4-12)18-22-5-6-28-18/h1-9,23,26H. The van der Waals surface area contributed by atoms with Crippen molar-refractivity contribution in [1.82, 2.24) is 4.98 Å². The number of benzene rings is 2. The zero-order chi connectivity index (χ0) is 19.8. The molecule has 0 radical (unpaired) electrons. The largest absolute Gasteiger partial charge is 0.503 e. The van der Waals surface area contributed by atoms with Gasteiger partial charge in [-0.2, -0.15) is 0 Å². The zero-order valence-electron chi connectivity index (χ0n) is 14.0. The molecule has 0 unspecified atom stereocenters. The van der Waals surface area contributed by atoms with Crippen molar-refractivity contribution < 1.29 is 27.9 Å². The second-order valence-electron chi connectivity index (χ2n) is 5.83. The summed E-state index contributed by atoms with van der Waals surface area (Å²) in [5, 5.41) is 11.6. The van der Waals surface area contributed by atoms with Crippen LogP contribution in [-0.4, -0.2) is 21.9 Å². The first-order valence-corrected chi connectivity index (χ1v) is 7.99. The van der Waals surface area contributed by atoms with Crippen molar-refractivity contribution in [3.63, 3.8) is 0 Å². The summed E-state index contributed by atoms with van der Waals surface area (Å²) in [6, 6.07) is 7.99. The van der Waals surface area contributed by atoms with Crippen LogP contribution in [-0.2, 0) is 9.59 Å². The Morgan fingerprint density at radius 1 is 1.07 bits per heavy atom. The molecule has 9 heteroatoms. The van der Waals surface area contributed by atoms with Gasteiger partial charge in [0.25, 0.3) is 11.8 Å². The lowest BCUT2D eigenvalue weighted by molar-refractivity contribution is -0.120. The maximum atomic E-state index is 13.5. The van der Waals surface area contributed by atoms with Gasteiger partial charge in [0.15, 0.2) is 17.4 Å². The van der Waals surface area contributed by atoms with Crippen LogP contribution in [0, 0.1) is 11.6 Å². The van der Waals surface area contributed by atoms with E-state index in [4.69, 9.17) is 9.52 Å². The van der Waals surface area contributed by atoms with Gasteiger partial charge in [0.05, 0.1) is 11.9 Å². The molecule has 0 fully saturated rings. The third kappa shape index (κ3) is 2.98. The van der Waals surface area contributed by atoms with Crippen LogP contribution < -0.4 is 10.2 Å². The van der Waals surface area contributed by atoms with Crippen LogP contribution >= 0.6 is 0 Å². The molecule has 1 aliphatic rings.